The molecule has 0 aliphatic heterocycles. The fourth-order valence-electron chi connectivity index (χ4n) is 1.24. The lowest BCUT2D eigenvalue weighted by Crippen LogP contribution is -2.20. The molecule has 1 aromatic carbocycles. The third-order valence-electron chi connectivity index (χ3n) is 2.13. The van der Waals surface area contributed by atoms with Gasteiger partial charge in [-0.05, 0) is 16.5 Å². The van der Waals surface area contributed by atoms with Gasteiger partial charge in [0.25, 0.3) is 0 Å². The highest BCUT2D eigenvalue weighted by Crippen LogP contribution is 2.21. The Morgan fingerprint density at radius 1 is 1.15 bits per heavy atom. The van der Waals surface area contributed by atoms with Crippen LogP contribution in [0.3, 0.4) is 0 Å². The van der Waals surface area contributed by atoms with Gasteiger partial charge in [-0.3, -0.25) is 11.3 Å². The average molecular weight is 178 g/mol. The summed E-state index contributed by atoms with van der Waals surface area (Å²) in [5, 5.41) is 0. The Balaban J connectivity index is 2.81. The summed E-state index contributed by atoms with van der Waals surface area (Å²) in [6.45, 7) is 7.36. The van der Waals surface area contributed by atoms with E-state index in [1.165, 1.54) is 11.1 Å². The van der Waals surface area contributed by atoms with Gasteiger partial charge in [-0.2, -0.15) is 0 Å². The van der Waals surface area contributed by atoms with E-state index in [0.717, 1.165) is 6.54 Å². The summed E-state index contributed by atoms with van der Waals surface area (Å²) in [5.74, 6) is 5.23. The van der Waals surface area contributed by atoms with Crippen LogP contribution in [0, 0.1) is 0 Å². The smallest absolute Gasteiger partial charge is 0.0348 e. The van der Waals surface area contributed by atoms with Crippen molar-refractivity contribution < 1.29 is 0 Å². The van der Waals surface area contributed by atoms with E-state index in [4.69, 9.17) is 5.84 Å². The van der Waals surface area contributed by atoms with E-state index < -0.39 is 0 Å². The van der Waals surface area contributed by atoms with Gasteiger partial charge in [0, 0.05) is 6.54 Å². The van der Waals surface area contributed by atoms with Crippen molar-refractivity contribution in [3.8, 4) is 0 Å². The summed E-state index contributed by atoms with van der Waals surface area (Å²) in [5.41, 5.74) is 5.45. The molecular weight excluding hydrogens is 160 g/mol. The first-order chi connectivity index (χ1) is 6.04. The molecule has 3 N–H and O–H groups in total. The standard InChI is InChI=1S/C11H18N2/c1-11(2,3)10-6-4-9(5-7-10)8-13-12/h4-7,13H,8,12H2,1-3H3. The monoisotopic (exact) mass is 178 g/mol. The van der Waals surface area contributed by atoms with Crippen molar-refractivity contribution in [2.24, 2.45) is 5.84 Å². The summed E-state index contributed by atoms with van der Waals surface area (Å²) >= 11 is 0. The predicted octanol–water partition coefficient (Wildman–Crippen LogP) is 1.95. The van der Waals surface area contributed by atoms with E-state index in [1.54, 1.807) is 0 Å². The maximum Gasteiger partial charge on any atom is 0.0348 e. The third kappa shape index (κ3) is 2.83. The average Bonchev–Trinajstić information content (AvgIpc) is 2.04. The van der Waals surface area contributed by atoms with Crippen molar-refractivity contribution in [1.82, 2.24) is 5.43 Å². The SMILES string of the molecule is CC(C)(C)c1ccc(CNN)cc1. The molecule has 0 spiro atoms. The lowest BCUT2D eigenvalue weighted by Gasteiger charge is -2.19. The highest BCUT2D eigenvalue weighted by molar-refractivity contribution is 5.27. The van der Waals surface area contributed by atoms with Crippen LogP contribution in [-0.2, 0) is 12.0 Å². The zero-order valence-electron chi connectivity index (χ0n) is 8.59. The molecule has 0 aromatic heterocycles. The molecule has 2 heteroatoms. The largest absolute Gasteiger partial charge is 0.271 e. The lowest BCUT2D eigenvalue weighted by molar-refractivity contribution is 0.589. The van der Waals surface area contributed by atoms with E-state index in [2.05, 4.69) is 50.5 Å². The highest BCUT2D eigenvalue weighted by Gasteiger charge is 2.12. The predicted molar refractivity (Wildman–Crippen MR) is 56.2 cm³/mol. The third-order valence-corrected chi connectivity index (χ3v) is 2.13. The summed E-state index contributed by atoms with van der Waals surface area (Å²) in [7, 11) is 0. The molecular formula is C11H18N2. The quantitative estimate of drug-likeness (QED) is 0.536. The van der Waals surface area contributed by atoms with E-state index in [-0.39, 0.29) is 5.41 Å². The van der Waals surface area contributed by atoms with E-state index >= 15 is 0 Å². The van der Waals surface area contributed by atoms with Crippen molar-refractivity contribution in [1.29, 1.82) is 0 Å². The Morgan fingerprint density at radius 3 is 2.08 bits per heavy atom. The molecule has 72 valence electrons. The van der Waals surface area contributed by atoms with Crippen LogP contribution < -0.4 is 11.3 Å². The van der Waals surface area contributed by atoms with Gasteiger partial charge in [0.15, 0.2) is 0 Å². The molecule has 0 bridgehead atoms. The van der Waals surface area contributed by atoms with Crippen molar-refractivity contribution >= 4 is 0 Å². The van der Waals surface area contributed by atoms with Crippen LogP contribution >= 0.6 is 0 Å². The van der Waals surface area contributed by atoms with Crippen LogP contribution in [0.15, 0.2) is 24.3 Å². The molecule has 0 unspecified atom stereocenters. The van der Waals surface area contributed by atoms with Gasteiger partial charge < -0.3 is 0 Å². The number of nitrogens with one attached hydrogen (secondary N) is 1. The first-order valence-electron chi connectivity index (χ1n) is 4.57. The lowest BCUT2D eigenvalue weighted by atomic mass is 9.87. The van der Waals surface area contributed by atoms with Gasteiger partial charge in [0.05, 0.1) is 0 Å². The van der Waals surface area contributed by atoms with Gasteiger partial charge in [-0.25, -0.2) is 0 Å². The van der Waals surface area contributed by atoms with Crippen LogP contribution in [0.1, 0.15) is 31.9 Å². The Hall–Kier alpha value is -0.860. The molecule has 1 aromatic rings. The first-order valence-corrected chi connectivity index (χ1v) is 4.57. The number of nitrogens with two attached hydrogens (primary N) is 1. The zero-order valence-corrected chi connectivity index (χ0v) is 8.59. The minimum absolute atomic E-state index is 0.231. The second-order valence-corrected chi connectivity index (χ2v) is 4.33. The van der Waals surface area contributed by atoms with E-state index in [1.807, 2.05) is 0 Å². The van der Waals surface area contributed by atoms with Crippen LogP contribution in [0.5, 0.6) is 0 Å². The number of hydrogen-bond donors (Lipinski definition) is 2. The maximum absolute atomic E-state index is 5.23. The summed E-state index contributed by atoms with van der Waals surface area (Å²) in [6, 6.07) is 8.54. The number of rotatable bonds is 2. The summed E-state index contributed by atoms with van der Waals surface area (Å²) in [4.78, 5) is 0. The maximum atomic E-state index is 5.23. The van der Waals surface area contributed by atoms with Gasteiger partial charge >= 0.3 is 0 Å². The Bertz CT molecular complexity index is 256. The van der Waals surface area contributed by atoms with Crippen LogP contribution in [0.2, 0.25) is 0 Å². The Kier molecular flexibility index (Phi) is 3.07. The van der Waals surface area contributed by atoms with E-state index in [0.29, 0.717) is 0 Å². The van der Waals surface area contributed by atoms with Gasteiger partial charge in [0.1, 0.15) is 0 Å². The second kappa shape index (κ2) is 3.90. The number of hydrogen-bond acceptors (Lipinski definition) is 2. The Labute approximate surface area is 80.1 Å². The molecule has 1 rings (SSSR count). The fraction of sp³-hybridized carbons (Fsp3) is 0.455. The zero-order chi connectivity index (χ0) is 9.90. The van der Waals surface area contributed by atoms with Gasteiger partial charge in [-0.15, -0.1) is 0 Å². The minimum atomic E-state index is 0.231. The van der Waals surface area contributed by atoms with Crippen molar-refractivity contribution in [2.45, 2.75) is 32.7 Å². The molecule has 2 nitrogen and oxygen atoms in total. The molecule has 0 atom stereocenters. The van der Waals surface area contributed by atoms with Crippen molar-refractivity contribution in [2.75, 3.05) is 0 Å². The molecule has 0 saturated heterocycles. The summed E-state index contributed by atoms with van der Waals surface area (Å²) in [6.07, 6.45) is 0. The minimum Gasteiger partial charge on any atom is -0.271 e. The first kappa shape index (κ1) is 10.2. The molecule has 0 radical (unpaired) electrons. The normalized spacial score (nSPS) is 11.7. The fourth-order valence-corrected chi connectivity index (χ4v) is 1.24. The van der Waals surface area contributed by atoms with Crippen molar-refractivity contribution in [3.05, 3.63) is 35.4 Å². The molecule has 0 saturated carbocycles. The molecule has 0 aliphatic carbocycles. The Morgan fingerprint density at radius 2 is 1.69 bits per heavy atom. The summed E-state index contributed by atoms with van der Waals surface area (Å²) < 4.78 is 0. The van der Waals surface area contributed by atoms with Crippen LogP contribution in [-0.4, -0.2) is 0 Å². The van der Waals surface area contributed by atoms with Crippen molar-refractivity contribution in [3.63, 3.8) is 0 Å². The second-order valence-electron chi connectivity index (χ2n) is 4.33. The van der Waals surface area contributed by atoms with Crippen LogP contribution in [0.4, 0.5) is 0 Å². The number of benzene rings is 1. The van der Waals surface area contributed by atoms with E-state index in [9.17, 15) is 0 Å². The molecule has 0 aliphatic rings. The molecule has 0 fully saturated rings. The molecule has 0 heterocycles. The molecule has 0 amide bonds. The van der Waals surface area contributed by atoms with Gasteiger partial charge in [0.2, 0.25) is 0 Å². The molecule has 13 heavy (non-hydrogen) atoms. The number of hydrazine groups is 1. The van der Waals surface area contributed by atoms with Gasteiger partial charge in [-0.1, -0.05) is 45.0 Å². The highest BCUT2D eigenvalue weighted by atomic mass is 15.2. The van der Waals surface area contributed by atoms with Crippen LogP contribution in [0.25, 0.3) is 0 Å². The topological polar surface area (TPSA) is 38.0 Å².